The molecule has 140 valence electrons. The maximum Gasteiger partial charge on any atom is 0.379 e. The van der Waals surface area contributed by atoms with Gasteiger partial charge in [-0.05, 0) is 48.5 Å². The minimum absolute atomic E-state index is 0.0398. The van der Waals surface area contributed by atoms with E-state index in [9.17, 15) is 9.59 Å². The van der Waals surface area contributed by atoms with E-state index in [1.807, 2.05) is 0 Å². The lowest BCUT2D eigenvalue weighted by Gasteiger charge is -2.07. The summed E-state index contributed by atoms with van der Waals surface area (Å²) in [5.41, 5.74) is -0.0854. The molecule has 0 fully saturated rings. The fourth-order valence-corrected chi connectivity index (χ4v) is 2.55. The number of hydrogen-bond acceptors (Lipinski definition) is 7. The molecular weight excluding hydrogens is 364 g/mol. The Balaban J connectivity index is 1.59. The molecule has 0 unspecified atom stereocenters. The molecule has 28 heavy (non-hydrogen) atoms. The molecule has 0 saturated carbocycles. The number of carbonyl (C=O) groups excluding carboxylic acids is 1. The molecule has 0 N–H and O–H groups in total. The van der Waals surface area contributed by atoms with Crippen LogP contribution in [0.15, 0.2) is 80.8 Å². The van der Waals surface area contributed by atoms with Crippen molar-refractivity contribution in [3.8, 4) is 23.0 Å². The zero-order chi connectivity index (χ0) is 19.5. The largest absolute Gasteiger partial charge is 0.497 e. The monoisotopic (exact) mass is 378 g/mol. The smallest absolute Gasteiger partial charge is 0.379 e. The summed E-state index contributed by atoms with van der Waals surface area (Å²) in [5.74, 6) is 0.834. The average molecular weight is 378 g/mol. The highest BCUT2D eigenvalue weighted by molar-refractivity contribution is 5.89. The van der Waals surface area contributed by atoms with Gasteiger partial charge in [0.1, 0.15) is 29.1 Å². The molecule has 2 heterocycles. The van der Waals surface area contributed by atoms with Crippen molar-refractivity contribution < 1.29 is 27.8 Å². The molecule has 4 rings (SSSR count). The Morgan fingerprint density at radius 2 is 1.68 bits per heavy atom. The van der Waals surface area contributed by atoms with Gasteiger partial charge in [-0.1, -0.05) is 0 Å². The summed E-state index contributed by atoms with van der Waals surface area (Å²) in [7, 11) is 1.56. The number of methoxy groups -OCH3 is 1. The Hall–Kier alpha value is -4.00. The maximum absolute atomic E-state index is 12.6. The SMILES string of the molecule is COc1ccc(Oc2coc3cc(OC(=O)c4ccco4)ccc3c2=O)cc1. The van der Waals surface area contributed by atoms with Crippen molar-refractivity contribution in [2.24, 2.45) is 0 Å². The molecule has 0 aliphatic carbocycles. The third-order valence-electron chi connectivity index (χ3n) is 3.93. The number of fused-ring (bicyclic) bond motifs is 1. The van der Waals surface area contributed by atoms with Gasteiger partial charge in [0.15, 0.2) is 0 Å². The van der Waals surface area contributed by atoms with E-state index < -0.39 is 5.97 Å². The molecule has 0 aliphatic heterocycles. The van der Waals surface area contributed by atoms with Crippen LogP contribution in [0.2, 0.25) is 0 Å². The highest BCUT2D eigenvalue weighted by Crippen LogP contribution is 2.25. The van der Waals surface area contributed by atoms with Crippen molar-refractivity contribution in [3.05, 3.63) is 83.1 Å². The Morgan fingerprint density at radius 1 is 0.929 bits per heavy atom. The molecule has 0 atom stereocenters. The molecule has 7 heteroatoms. The summed E-state index contributed by atoms with van der Waals surface area (Å²) in [6.45, 7) is 0. The first-order valence-corrected chi connectivity index (χ1v) is 8.27. The summed E-state index contributed by atoms with van der Waals surface area (Å²) in [6, 6.07) is 14.3. The minimum Gasteiger partial charge on any atom is -0.497 e. The number of carbonyl (C=O) groups is 1. The standard InChI is InChI=1S/C21H14O7/c1-24-13-4-6-14(7-5-13)27-19-12-26-18-11-15(8-9-16(18)20(19)22)28-21(23)17-3-2-10-25-17/h2-12H,1H3. The van der Waals surface area contributed by atoms with Crippen LogP contribution in [0.5, 0.6) is 23.0 Å². The van der Waals surface area contributed by atoms with Crippen LogP contribution >= 0.6 is 0 Å². The van der Waals surface area contributed by atoms with Crippen LogP contribution in [-0.2, 0) is 0 Å². The highest BCUT2D eigenvalue weighted by atomic mass is 16.5. The van der Waals surface area contributed by atoms with E-state index >= 15 is 0 Å². The van der Waals surface area contributed by atoms with Crippen LogP contribution < -0.4 is 19.6 Å². The highest BCUT2D eigenvalue weighted by Gasteiger charge is 2.14. The van der Waals surface area contributed by atoms with Crippen LogP contribution in [0, 0.1) is 0 Å². The number of hydrogen-bond donors (Lipinski definition) is 0. The fraction of sp³-hybridized carbons (Fsp3) is 0.0476. The van der Waals surface area contributed by atoms with Crippen LogP contribution in [-0.4, -0.2) is 13.1 Å². The Bertz CT molecular complexity index is 1170. The second-order valence-electron chi connectivity index (χ2n) is 5.73. The van der Waals surface area contributed by atoms with Gasteiger partial charge >= 0.3 is 5.97 Å². The van der Waals surface area contributed by atoms with Gasteiger partial charge in [0.2, 0.25) is 16.9 Å². The summed E-state index contributed by atoms with van der Waals surface area (Å²) < 4.78 is 26.4. The lowest BCUT2D eigenvalue weighted by Crippen LogP contribution is -2.08. The summed E-state index contributed by atoms with van der Waals surface area (Å²) in [5, 5.41) is 0.295. The van der Waals surface area contributed by atoms with Crippen LogP contribution in [0.1, 0.15) is 10.6 Å². The third kappa shape index (κ3) is 3.45. The topological polar surface area (TPSA) is 88.1 Å². The second kappa shape index (κ2) is 7.32. The van der Waals surface area contributed by atoms with E-state index in [-0.39, 0.29) is 28.3 Å². The minimum atomic E-state index is -0.647. The molecule has 0 spiro atoms. The van der Waals surface area contributed by atoms with Crippen LogP contribution in [0.4, 0.5) is 0 Å². The van der Waals surface area contributed by atoms with Gasteiger partial charge in [0, 0.05) is 6.07 Å². The average Bonchev–Trinajstić information content (AvgIpc) is 3.26. The third-order valence-corrected chi connectivity index (χ3v) is 3.93. The van der Waals surface area contributed by atoms with Crippen molar-refractivity contribution in [1.82, 2.24) is 0 Å². The summed E-state index contributed by atoms with van der Waals surface area (Å²) in [4.78, 5) is 24.6. The van der Waals surface area contributed by atoms with Crippen molar-refractivity contribution in [2.75, 3.05) is 7.11 Å². The molecular formula is C21H14O7. The Labute approximate surface area is 158 Å². The number of benzene rings is 2. The van der Waals surface area contributed by atoms with Gasteiger partial charge in [-0.3, -0.25) is 4.79 Å². The molecule has 0 bridgehead atoms. The molecule has 2 aromatic carbocycles. The lowest BCUT2D eigenvalue weighted by molar-refractivity contribution is 0.0701. The quantitative estimate of drug-likeness (QED) is 0.375. The van der Waals surface area contributed by atoms with Crippen molar-refractivity contribution in [2.45, 2.75) is 0 Å². The van der Waals surface area contributed by atoms with Gasteiger partial charge in [0.05, 0.1) is 18.8 Å². The van der Waals surface area contributed by atoms with Gasteiger partial charge < -0.3 is 23.0 Å². The zero-order valence-corrected chi connectivity index (χ0v) is 14.7. The van der Waals surface area contributed by atoms with E-state index in [4.69, 9.17) is 23.0 Å². The zero-order valence-electron chi connectivity index (χ0n) is 14.7. The molecule has 0 saturated heterocycles. The van der Waals surface area contributed by atoms with Gasteiger partial charge in [0.25, 0.3) is 0 Å². The van der Waals surface area contributed by atoms with E-state index in [1.54, 1.807) is 37.4 Å². The molecule has 2 aromatic heterocycles. The first-order chi connectivity index (χ1) is 13.6. The van der Waals surface area contributed by atoms with E-state index in [0.29, 0.717) is 16.9 Å². The van der Waals surface area contributed by atoms with Crippen molar-refractivity contribution in [1.29, 1.82) is 0 Å². The number of furan rings is 1. The van der Waals surface area contributed by atoms with Gasteiger partial charge in [-0.15, -0.1) is 0 Å². The first-order valence-electron chi connectivity index (χ1n) is 8.27. The van der Waals surface area contributed by atoms with E-state index in [0.717, 1.165) is 0 Å². The van der Waals surface area contributed by atoms with Crippen molar-refractivity contribution >= 4 is 16.9 Å². The van der Waals surface area contributed by atoms with E-state index in [2.05, 4.69) is 0 Å². The van der Waals surface area contributed by atoms with Crippen molar-refractivity contribution in [3.63, 3.8) is 0 Å². The maximum atomic E-state index is 12.6. The van der Waals surface area contributed by atoms with Gasteiger partial charge in [-0.25, -0.2) is 4.79 Å². The van der Waals surface area contributed by atoms with Gasteiger partial charge in [-0.2, -0.15) is 0 Å². The summed E-state index contributed by atoms with van der Waals surface area (Å²) in [6.07, 6.45) is 2.59. The molecule has 4 aromatic rings. The number of rotatable bonds is 5. The first kappa shape index (κ1) is 17.4. The van der Waals surface area contributed by atoms with Crippen LogP contribution in [0.25, 0.3) is 11.0 Å². The molecule has 0 amide bonds. The second-order valence-corrected chi connectivity index (χ2v) is 5.73. The molecule has 0 radical (unpaired) electrons. The lowest BCUT2D eigenvalue weighted by atomic mass is 10.2. The predicted octanol–water partition coefficient (Wildman–Crippen LogP) is 4.41. The van der Waals surface area contributed by atoms with E-state index in [1.165, 1.54) is 36.8 Å². The molecule has 0 aliphatic rings. The number of ether oxygens (including phenoxy) is 3. The fourth-order valence-electron chi connectivity index (χ4n) is 2.55. The predicted molar refractivity (Wildman–Crippen MR) is 99.2 cm³/mol. The van der Waals surface area contributed by atoms with Crippen LogP contribution in [0.3, 0.4) is 0 Å². The normalized spacial score (nSPS) is 10.6. The summed E-state index contributed by atoms with van der Waals surface area (Å²) >= 11 is 0. The molecule has 7 nitrogen and oxygen atoms in total. The Morgan fingerprint density at radius 3 is 2.39 bits per heavy atom. The Kier molecular flexibility index (Phi) is 4.55. The number of esters is 1.